The van der Waals surface area contributed by atoms with Crippen LogP contribution in [0.4, 0.5) is 0 Å². The van der Waals surface area contributed by atoms with Gasteiger partial charge in [0.1, 0.15) is 0 Å². The topological polar surface area (TPSA) is 20.2 Å². The minimum absolute atomic E-state index is 0.103. The molecule has 1 nitrogen and oxygen atoms in total. The van der Waals surface area contributed by atoms with Gasteiger partial charge in [0, 0.05) is 0 Å². The van der Waals surface area contributed by atoms with E-state index in [2.05, 4.69) is 26.0 Å². The van der Waals surface area contributed by atoms with Crippen molar-refractivity contribution in [3.8, 4) is 0 Å². The third-order valence-electron chi connectivity index (χ3n) is 3.58. The standard InChI is InChI=1S/C17H27ClO/c1-3-5-7-9-17(19)15-12-10-14(11-13-15)16(18)8-6-4-2/h10-13,16-17,19H,3-9H2,1-2H3/t16-,17?/m0/s1. The molecule has 2 heteroatoms. The number of halogens is 1. The van der Waals surface area contributed by atoms with E-state index in [9.17, 15) is 5.11 Å². The Morgan fingerprint density at radius 3 is 2.05 bits per heavy atom. The van der Waals surface area contributed by atoms with Gasteiger partial charge in [0.2, 0.25) is 0 Å². The van der Waals surface area contributed by atoms with Crippen LogP contribution in [0, 0.1) is 0 Å². The zero-order valence-electron chi connectivity index (χ0n) is 12.2. The van der Waals surface area contributed by atoms with Gasteiger partial charge in [-0.1, -0.05) is 70.2 Å². The first-order valence-electron chi connectivity index (χ1n) is 7.61. The molecule has 19 heavy (non-hydrogen) atoms. The van der Waals surface area contributed by atoms with Gasteiger partial charge in [0.15, 0.2) is 0 Å². The van der Waals surface area contributed by atoms with Gasteiger partial charge >= 0.3 is 0 Å². The maximum atomic E-state index is 10.1. The highest BCUT2D eigenvalue weighted by molar-refractivity contribution is 6.20. The van der Waals surface area contributed by atoms with Crippen LogP contribution in [-0.2, 0) is 0 Å². The molecule has 108 valence electrons. The van der Waals surface area contributed by atoms with E-state index in [1.165, 1.54) is 24.8 Å². The summed E-state index contributed by atoms with van der Waals surface area (Å²) < 4.78 is 0. The van der Waals surface area contributed by atoms with Gasteiger partial charge in [-0.2, -0.15) is 0 Å². The van der Waals surface area contributed by atoms with E-state index in [0.29, 0.717) is 0 Å². The summed E-state index contributed by atoms with van der Waals surface area (Å²) in [4.78, 5) is 0. The van der Waals surface area contributed by atoms with Crippen LogP contribution < -0.4 is 0 Å². The minimum atomic E-state index is -0.329. The molecule has 0 amide bonds. The normalized spacial score (nSPS) is 14.3. The van der Waals surface area contributed by atoms with Crippen molar-refractivity contribution < 1.29 is 5.11 Å². The summed E-state index contributed by atoms with van der Waals surface area (Å²) in [5, 5.41) is 10.2. The molecular weight excluding hydrogens is 256 g/mol. The van der Waals surface area contributed by atoms with Crippen molar-refractivity contribution in [2.45, 2.75) is 70.3 Å². The van der Waals surface area contributed by atoms with Crippen LogP contribution in [0.5, 0.6) is 0 Å². The molecular formula is C17H27ClO. The van der Waals surface area contributed by atoms with Gasteiger partial charge in [-0.25, -0.2) is 0 Å². The third kappa shape index (κ3) is 5.97. The maximum absolute atomic E-state index is 10.1. The zero-order valence-corrected chi connectivity index (χ0v) is 13.0. The number of aliphatic hydroxyl groups is 1. The van der Waals surface area contributed by atoms with Crippen molar-refractivity contribution in [3.63, 3.8) is 0 Å². The summed E-state index contributed by atoms with van der Waals surface area (Å²) in [6.07, 6.45) is 7.36. The molecule has 1 rings (SSSR count). The van der Waals surface area contributed by atoms with Crippen molar-refractivity contribution in [2.75, 3.05) is 0 Å². The van der Waals surface area contributed by atoms with Crippen molar-refractivity contribution in [1.82, 2.24) is 0 Å². The predicted octanol–water partition coefficient (Wildman–Crippen LogP) is 5.77. The highest BCUT2D eigenvalue weighted by atomic mass is 35.5. The Hall–Kier alpha value is -0.530. The van der Waals surface area contributed by atoms with Crippen molar-refractivity contribution >= 4 is 11.6 Å². The summed E-state index contributed by atoms with van der Waals surface area (Å²) in [5.41, 5.74) is 2.18. The molecule has 1 aromatic carbocycles. The number of benzene rings is 1. The fraction of sp³-hybridized carbons (Fsp3) is 0.647. The molecule has 0 aromatic heterocycles. The Balaban J connectivity index is 2.50. The Kier molecular flexibility index (Phi) is 8.16. The van der Waals surface area contributed by atoms with Crippen molar-refractivity contribution in [1.29, 1.82) is 0 Å². The lowest BCUT2D eigenvalue weighted by Gasteiger charge is -2.13. The second-order valence-electron chi connectivity index (χ2n) is 5.29. The lowest BCUT2D eigenvalue weighted by Crippen LogP contribution is -1.98. The molecule has 0 saturated carbocycles. The average Bonchev–Trinajstić information content (AvgIpc) is 2.45. The van der Waals surface area contributed by atoms with Gasteiger partial charge in [-0.3, -0.25) is 0 Å². The highest BCUT2D eigenvalue weighted by Crippen LogP contribution is 2.28. The Morgan fingerprint density at radius 1 is 0.895 bits per heavy atom. The highest BCUT2D eigenvalue weighted by Gasteiger charge is 2.10. The molecule has 1 N–H and O–H groups in total. The molecule has 0 saturated heterocycles. The Labute approximate surface area is 123 Å². The number of alkyl halides is 1. The Morgan fingerprint density at radius 2 is 1.47 bits per heavy atom. The van der Waals surface area contributed by atoms with E-state index in [1.54, 1.807) is 0 Å². The van der Waals surface area contributed by atoms with E-state index < -0.39 is 0 Å². The lowest BCUT2D eigenvalue weighted by molar-refractivity contribution is 0.163. The van der Waals surface area contributed by atoms with E-state index in [-0.39, 0.29) is 11.5 Å². The summed E-state index contributed by atoms with van der Waals surface area (Å²) in [6, 6.07) is 8.16. The van der Waals surface area contributed by atoms with Gasteiger partial charge in [-0.05, 0) is 24.0 Å². The Bertz CT molecular complexity index is 334. The number of unbranched alkanes of at least 4 members (excludes halogenated alkanes) is 3. The van der Waals surface area contributed by atoms with E-state index in [1.807, 2.05) is 12.1 Å². The molecule has 0 spiro atoms. The molecule has 2 atom stereocenters. The fourth-order valence-electron chi connectivity index (χ4n) is 2.23. The van der Waals surface area contributed by atoms with Crippen LogP contribution in [0.3, 0.4) is 0 Å². The third-order valence-corrected chi connectivity index (χ3v) is 4.05. The van der Waals surface area contributed by atoms with Crippen LogP contribution in [0.2, 0.25) is 0 Å². The van der Waals surface area contributed by atoms with E-state index in [4.69, 9.17) is 11.6 Å². The first-order chi connectivity index (χ1) is 9.19. The molecule has 0 aliphatic carbocycles. The van der Waals surface area contributed by atoms with Crippen LogP contribution in [0.25, 0.3) is 0 Å². The second-order valence-corrected chi connectivity index (χ2v) is 5.81. The van der Waals surface area contributed by atoms with Gasteiger partial charge < -0.3 is 5.11 Å². The quantitative estimate of drug-likeness (QED) is 0.450. The molecule has 0 bridgehead atoms. The summed E-state index contributed by atoms with van der Waals surface area (Å²) in [7, 11) is 0. The first-order valence-corrected chi connectivity index (χ1v) is 8.04. The first kappa shape index (κ1) is 16.5. The second kappa shape index (κ2) is 9.39. The van der Waals surface area contributed by atoms with E-state index in [0.717, 1.165) is 31.2 Å². The minimum Gasteiger partial charge on any atom is -0.388 e. The molecule has 1 aromatic rings. The maximum Gasteiger partial charge on any atom is 0.0790 e. The molecule has 0 aliphatic rings. The van der Waals surface area contributed by atoms with Gasteiger partial charge in [0.05, 0.1) is 11.5 Å². The number of hydrogen-bond acceptors (Lipinski definition) is 1. The predicted molar refractivity (Wildman–Crippen MR) is 83.7 cm³/mol. The molecule has 1 unspecified atom stereocenters. The van der Waals surface area contributed by atoms with Crippen LogP contribution in [0.1, 0.15) is 81.4 Å². The average molecular weight is 283 g/mol. The number of rotatable bonds is 9. The van der Waals surface area contributed by atoms with Crippen LogP contribution >= 0.6 is 11.6 Å². The molecule has 0 radical (unpaired) electrons. The summed E-state index contributed by atoms with van der Waals surface area (Å²) in [5.74, 6) is 0. The number of aliphatic hydroxyl groups excluding tert-OH is 1. The fourth-order valence-corrected chi connectivity index (χ4v) is 2.53. The molecule has 0 aliphatic heterocycles. The van der Waals surface area contributed by atoms with Crippen molar-refractivity contribution in [2.24, 2.45) is 0 Å². The SMILES string of the molecule is CCCCCC(O)c1ccc([C@@H](Cl)CCCC)cc1. The monoisotopic (exact) mass is 282 g/mol. The van der Waals surface area contributed by atoms with Gasteiger partial charge in [-0.15, -0.1) is 11.6 Å². The van der Waals surface area contributed by atoms with E-state index >= 15 is 0 Å². The lowest BCUT2D eigenvalue weighted by atomic mass is 10.00. The summed E-state index contributed by atoms with van der Waals surface area (Å²) >= 11 is 6.36. The van der Waals surface area contributed by atoms with Gasteiger partial charge in [0.25, 0.3) is 0 Å². The number of hydrogen-bond donors (Lipinski definition) is 1. The zero-order chi connectivity index (χ0) is 14.1. The molecule has 0 heterocycles. The smallest absolute Gasteiger partial charge is 0.0790 e. The largest absolute Gasteiger partial charge is 0.388 e. The molecule has 0 fully saturated rings. The summed E-state index contributed by atoms with van der Waals surface area (Å²) in [6.45, 7) is 4.36. The van der Waals surface area contributed by atoms with Crippen LogP contribution in [0.15, 0.2) is 24.3 Å². The van der Waals surface area contributed by atoms with Crippen molar-refractivity contribution in [3.05, 3.63) is 35.4 Å². The van der Waals surface area contributed by atoms with Crippen LogP contribution in [-0.4, -0.2) is 5.11 Å².